The van der Waals surface area contributed by atoms with Crippen molar-refractivity contribution in [3.8, 4) is 0 Å². The number of rotatable bonds is 5. The molecule has 1 fully saturated rings. The molecular weight excluding hydrogens is 232 g/mol. The van der Waals surface area contributed by atoms with E-state index in [9.17, 15) is 0 Å². The first-order valence-corrected chi connectivity index (χ1v) is 7.37. The van der Waals surface area contributed by atoms with Crippen LogP contribution in [0.3, 0.4) is 0 Å². The average molecular weight is 252 g/mol. The number of aryl methyl sites for hydroxylation is 1. The second kappa shape index (κ2) is 6.10. The van der Waals surface area contributed by atoms with Gasteiger partial charge >= 0.3 is 0 Å². The number of anilines is 2. The van der Waals surface area contributed by atoms with E-state index in [1.54, 1.807) is 0 Å². The first-order valence-electron chi connectivity index (χ1n) is 6.21. The Bertz CT molecular complexity index is 364. The molecule has 0 spiro atoms. The van der Waals surface area contributed by atoms with Crippen molar-refractivity contribution in [2.24, 2.45) is 0 Å². The Kier molecular flexibility index (Phi) is 4.48. The molecular formula is C12H20N4S. The van der Waals surface area contributed by atoms with Crippen LogP contribution in [0.2, 0.25) is 0 Å². The fourth-order valence-corrected chi connectivity index (χ4v) is 2.90. The Morgan fingerprint density at radius 3 is 3.12 bits per heavy atom. The van der Waals surface area contributed by atoms with Crippen molar-refractivity contribution in [1.82, 2.24) is 9.97 Å². The second-order valence-electron chi connectivity index (χ2n) is 4.36. The van der Waals surface area contributed by atoms with Gasteiger partial charge in [0.25, 0.3) is 0 Å². The van der Waals surface area contributed by atoms with Crippen molar-refractivity contribution in [3.63, 3.8) is 0 Å². The summed E-state index contributed by atoms with van der Waals surface area (Å²) in [6.45, 7) is 5.10. The molecule has 94 valence electrons. The number of hydrogen-bond donors (Lipinski definition) is 2. The van der Waals surface area contributed by atoms with Gasteiger partial charge in [-0.05, 0) is 25.5 Å². The van der Waals surface area contributed by atoms with Gasteiger partial charge in [-0.2, -0.15) is 16.7 Å². The van der Waals surface area contributed by atoms with Gasteiger partial charge in [0, 0.05) is 30.1 Å². The first kappa shape index (κ1) is 12.5. The Hall–Kier alpha value is -0.970. The largest absolute Gasteiger partial charge is 0.366 e. The minimum absolute atomic E-state index is 0.563. The van der Waals surface area contributed by atoms with Crippen LogP contribution in [0.25, 0.3) is 0 Å². The van der Waals surface area contributed by atoms with Gasteiger partial charge < -0.3 is 10.6 Å². The van der Waals surface area contributed by atoms with Crippen molar-refractivity contribution >= 4 is 23.5 Å². The highest BCUT2D eigenvalue weighted by Gasteiger charge is 2.16. The first-order chi connectivity index (χ1) is 8.29. The highest BCUT2D eigenvalue weighted by molar-refractivity contribution is 7.99. The highest BCUT2D eigenvalue weighted by Crippen LogP contribution is 2.22. The van der Waals surface area contributed by atoms with Crippen LogP contribution in [0.5, 0.6) is 0 Å². The summed E-state index contributed by atoms with van der Waals surface area (Å²) in [6, 6.07) is 0.563. The summed E-state index contributed by atoms with van der Waals surface area (Å²) in [4.78, 5) is 8.81. The Morgan fingerprint density at radius 2 is 2.41 bits per heavy atom. The molecule has 1 unspecified atom stereocenters. The molecule has 0 aromatic carbocycles. The zero-order valence-corrected chi connectivity index (χ0v) is 11.3. The van der Waals surface area contributed by atoms with Gasteiger partial charge in [0.2, 0.25) is 5.95 Å². The summed E-state index contributed by atoms with van der Waals surface area (Å²) in [6.07, 6.45) is 4.19. The van der Waals surface area contributed by atoms with Crippen molar-refractivity contribution in [2.45, 2.75) is 32.7 Å². The Balaban J connectivity index is 2.03. The third-order valence-corrected chi connectivity index (χ3v) is 3.94. The SMILES string of the molecule is CCCNc1ncc(C)c(NC2CCSC2)n1. The summed E-state index contributed by atoms with van der Waals surface area (Å²) in [5.74, 6) is 4.14. The van der Waals surface area contributed by atoms with Gasteiger partial charge in [-0.3, -0.25) is 0 Å². The summed E-state index contributed by atoms with van der Waals surface area (Å²) in [5.41, 5.74) is 1.11. The molecule has 0 bridgehead atoms. The molecule has 1 aliphatic rings. The van der Waals surface area contributed by atoms with Crippen LogP contribution >= 0.6 is 11.8 Å². The zero-order valence-electron chi connectivity index (χ0n) is 10.5. The van der Waals surface area contributed by atoms with Crippen molar-refractivity contribution < 1.29 is 0 Å². The quantitative estimate of drug-likeness (QED) is 0.843. The maximum Gasteiger partial charge on any atom is 0.224 e. The van der Waals surface area contributed by atoms with Crippen molar-refractivity contribution in [1.29, 1.82) is 0 Å². The fourth-order valence-electron chi connectivity index (χ4n) is 1.75. The second-order valence-corrected chi connectivity index (χ2v) is 5.51. The van der Waals surface area contributed by atoms with Gasteiger partial charge in [0.05, 0.1) is 0 Å². The molecule has 0 aliphatic carbocycles. The van der Waals surface area contributed by atoms with Gasteiger partial charge in [-0.1, -0.05) is 6.92 Å². The number of nitrogens with zero attached hydrogens (tertiary/aromatic N) is 2. The third kappa shape index (κ3) is 3.49. The number of hydrogen-bond acceptors (Lipinski definition) is 5. The predicted molar refractivity (Wildman–Crippen MR) is 74.9 cm³/mol. The molecule has 5 heteroatoms. The van der Waals surface area contributed by atoms with E-state index in [-0.39, 0.29) is 0 Å². The smallest absolute Gasteiger partial charge is 0.224 e. The molecule has 0 saturated carbocycles. The maximum atomic E-state index is 4.53. The molecule has 1 aliphatic heterocycles. The topological polar surface area (TPSA) is 49.8 Å². The molecule has 2 rings (SSSR count). The van der Waals surface area contributed by atoms with E-state index >= 15 is 0 Å². The molecule has 1 aromatic rings. The molecule has 4 nitrogen and oxygen atoms in total. The number of aromatic nitrogens is 2. The lowest BCUT2D eigenvalue weighted by Gasteiger charge is -2.14. The number of thioether (sulfide) groups is 1. The minimum Gasteiger partial charge on any atom is -0.366 e. The summed E-state index contributed by atoms with van der Waals surface area (Å²) >= 11 is 2.00. The molecule has 2 heterocycles. The van der Waals surface area contributed by atoms with E-state index in [2.05, 4.69) is 27.5 Å². The number of nitrogens with one attached hydrogen (secondary N) is 2. The fraction of sp³-hybridized carbons (Fsp3) is 0.667. The van der Waals surface area contributed by atoms with Crippen molar-refractivity contribution in [3.05, 3.63) is 11.8 Å². The van der Waals surface area contributed by atoms with Crippen LogP contribution in [0.4, 0.5) is 11.8 Å². The van der Waals surface area contributed by atoms with Crippen molar-refractivity contribution in [2.75, 3.05) is 28.7 Å². The molecule has 1 saturated heterocycles. The van der Waals surface area contributed by atoms with E-state index in [1.165, 1.54) is 17.9 Å². The van der Waals surface area contributed by atoms with E-state index in [1.807, 2.05) is 24.9 Å². The Labute approximate surface area is 107 Å². The van der Waals surface area contributed by atoms with Crippen LogP contribution in [-0.4, -0.2) is 34.1 Å². The van der Waals surface area contributed by atoms with Crippen LogP contribution in [0.15, 0.2) is 6.20 Å². The maximum absolute atomic E-state index is 4.53. The van der Waals surface area contributed by atoms with Gasteiger partial charge in [0.15, 0.2) is 0 Å². The van der Waals surface area contributed by atoms with E-state index < -0.39 is 0 Å². The Morgan fingerprint density at radius 1 is 1.53 bits per heavy atom. The van der Waals surface area contributed by atoms with Gasteiger partial charge in [-0.15, -0.1) is 0 Å². The van der Waals surface area contributed by atoms with Gasteiger partial charge in [0.1, 0.15) is 5.82 Å². The van der Waals surface area contributed by atoms with Crippen LogP contribution < -0.4 is 10.6 Å². The normalized spacial score (nSPS) is 19.3. The van der Waals surface area contributed by atoms with Crippen LogP contribution in [0.1, 0.15) is 25.3 Å². The zero-order chi connectivity index (χ0) is 12.1. The summed E-state index contributed by atoms with van der Waals surface area (Å²) < 4.78 is 0. The van der Waals surface area contributed by atoms with Crippen LogP contribution in [-0.2, 0) is 0 Å². The van der Waals surface area contributed by atoms with Crippen LogP contribution in [0, 0.1) is 6.92 Å². The summed E-state index contributed by atoms with van der Waals surface area (Å²) in [7, 11) is 0. The summed E-state index contributed by atoms with van der Waals surface area (Å²) in [5, 5.41) is 6.73. The monoisotopic (exact) mass is 252 g/mol. The lowest BCUT2D eigenvalue weighted by atomic mass is 10.2. The molecule has 0 amide bonds. The lowest BCUT2D eigenvalue weighted by Crippen LogP contribution is -2.20. The minimum atomic E-state index is 0.563. The van der Waals surface area contributed by atoms with E-state index in [4.69, 9.17) is 0 Å². The average Bonchev–Trinajstić information content (AvgIpc) is 2.83. The molecule has 1 atom stereocenters. The lowest BCUT2D eigenvalue weighted by molar-refractivity contribution is 0.803. The van der Waals surface area contributed by atoms with E-state index in [0.717, 1.165) is 30.3 Å². The third-order valence-electron chi connectivity index (χ3n) is 2.78. The van der Waals surface area contributed by atoms with Gasteiger partial charge in [-0.25, -0.2) is 4.98 Å². The molecule has 0 radical (unpaired) electrons. The standard InChI is InChI=1S/C12H20N4S/c1-3-5-13-12-14-7-9(2)11(16-12)15-10-4-6-17-8-10/h7,10H,3-6,8H2,1-2H3,(H2,13,14,15,16). The predicted octanol–water partition coefficient (Wildman–Crippen LogP) is 2.52. The van der Waals surface area contributed by atoms with E-state index in [0.29, 0.717) is 6.04 Å². The molecule has 2 N–H and O–H groups in total. The molecule has 1 aromatic heterocycles. The highest BCUT2D eigenvalue weighted by atomic mass is 32.2. The molecule has 17 heavy (non-hydrogen) atoms.